The average Bonchev–Trinajstić information content (AvgIpc) is 3.65. The molecule has 10 heteroatoms. The maximum atomic E-state index is 13.9. The van der Waals surface area contributed by atoms with Gasteiger partial charge in [0.1, 0.15) is 12.1 Å². The standard InChI is InChI=1S/C28H24F4N4O2/c1-16-11-19(6-7-23(16)29)24(18-4-5-18)35-26(37)21-13-17(15-36-9-10-38-27(36)33)12-20(14-21)22-3-2-8-34-25(22)28(30,31)32/h2-3,6-14,18,24,33H,4-5,15H2,1H3,(H,35,37)/t24-/m0/s1. The summed E-state index contributed by atoms with van der Waals surface area (Å²) in [4.78, 5) is 17.1. The highest BCUT2D eigenvalue weighted by Crippen LogP contribution is 2.42. The van der Waals surface area contributed by atoms with Crippen LogP contribution >= 0.6 is 0 Å². The molecule has 1 atom stereocenters. The normalized spacial score (nSPS) is 14.3. The summed E-state index contributed by atoms with van der Waals surface area (Å²) in [5.41, 5.74) is 0.718. The number of amides is 1. The Bertz CT molecular complexity index is 1550. The van der Waals surface area contributed by atoms with Gasteiger partial charge in [-0.3, -0.25) is 19.8 Å². The number of aryl methyl sites for hydroxylation is 1. The van der Waals surface area contributed by atoms with Gasteiger partial charge in [0.15, 0.2) is 5.69 Å². The summed E-state index contributed by atoms with van der Waals surface area (Å²) in [5.74, 6) is -0.615. The maximum Gasteiger partial charge on any atom is 0.433 e. The van der Waals surface area contributed by atoms with Crippen molar-refractivity contribution in [1.29, 1.82) is 5.41 Å². The number of halogens is 4. The van der Waals surface area contributed by atoms with E-state index in [1.165, 1.54) is 41.3 Å². The number of carbonyl (C=O) groups is 1. The summed E-state index contributed by atoms with van der Waals surface area (Å²) in [7, 11) is 0. The summed E-state index contributed by atoms with van der Waals surface area (Å²) < 4.78 is 61.6. The van der Waals surface area contributed by atoms with E-state index >= 15 is 0 Å². The Morgan fingerprint density at radius 3 is 2.66 bits per heavy atom. The molecule has 2 heterocycles. The van der Waals surface area contributed by atoms with Gasteiger partial charge in [-0.05, 0) is 78.3 Å². The van der Waals surface area contributed by atoms with Crippen molar-refractivity contribution in [2.75, 3.05) is 0 Å². The van der Waals surface area contributed by atoms with Crippen LogP contribution in [0.25, 0.3) is 11.1 Å². The molecule has 2 aromatic carbocycles. The highest BCUT2D eigenvalue weighted by molar-refractivity contribution is 5.96. The number of aromatic nitrogens is 2. The van der Waals surface area contributed by atoms with Gasteiger partial charge in [0.25, 0.3) is 11.6 Å². The van der Waals surface area contributed by atoms with Crippen molar-refractivity contribution in [3.05, 3.63) is 107 Å². The van der Waals surface area contributed by atoms with Gasteiger partial charge in [0.2, 0.25) is 0 Å². The van der Waals surface area contributed by atoms with Crippen LogP contribution in [-0.2, 0) is 12.7 Å². The first kappa shape index (κ1) is 25.4. The monoisotopic (exact) mass is 524 g/mol. The van der Waals surface area contributed by atoms with Gasteiger partial charge in [-0.15, -0.1) is 0 Å². The number of carbonyl (C=O) groups excluding carboxylic acids is 1. The number of hydrogen-bond acceptors (Lipinski definition) is 4. The largest absolute Gasteiger partial charge is 0.433 e. The topological polar surface area (TPSA) is 83.9 Å². The lowest BCUT2D eigenvalue weighted by molar-refractivity contribution is -0.140. The van der Waals surface area contributed by atoms with Gasteiger partial charge in [0, 0.05) is 23.5 Å². The van der Waals surface area contributed by atoms with Crippen molar-refractivity contribution in [3.63, 3.8) is 0 Å². The van der Waals surface area contributed by atoms with Crippen LogP contribution in [-0.4, -0.2) is 15.5 Å². The molecule has 1 aliphatic rings. The van der Waals surface area contributed by atoms with Crippen molar-refractivity contribution >= 4 is 5.91 Å². The molecular formula is C28H24F4N4O2. The summed E-state index contributed by atoms with van der Waals surface area (Å²) >= 11 is 0. The number of nitrogens with zero attached hydrogens (tertiary/aromatic N) is 2. The van der Waals surface area contributed by atoms with Gasteiger partial charge < -0.3 is 9.73 Å². The number of benzene rings is 2. The third-order valence-electron chi connectivity index (χ3n) is 6.60. The highest BCUT2D eigenvalue weighted by atomic mass is 19.4. The van der Waals surface area contributed by atoms with E-state index in [0.717, 1.165) is 24.6 Å². The van der Waals surface area contributed by atoms with Crippen LogP contribution in [0.1, 0.15) is 51.6 Å². The first-order valence-electron chi connectivity index (χ1n) is 12.0. The highest BCUT2D eigenvalue weighted by Gasteiger charge is 2.36. The minimum absolute atomic E-state index is 0.105. The second kappa shape index (κ2) is 9.92. The lowest BCUT2D eigenvalue weighted by Gasteiger charge is -2.20. The van der Waals surface area contributed by atoms with Gasteiger partial charge >= 0.3 is 6.18 Å². The molecule has 2 N–H and O–H groups in total. The number of pyridine rings is 1. The number of hydrogen-bond donors (Lipinski definition) is 2. The minimum Gasteiger partial charge on any atom is -0.432 e. The Morgan fingerprint density at radius 2 is 2.00 bits per heavy atom. The Morgan fingerprint density at radius 1 is 1.21 bits per heavy atom. The number of rotatable bonds is 7. The van der Waals surface area contributed by atoms with Crippen molar-refractivity contribution in [1.82, 2.24) is 14.9 Å². The van der Waals surface area contributed by atoms with E-state index < -0.39 is 17.8 Å². The summed E-state index contributed by atoms with van der Waals surface area (Å²) in [6, 6.07) is 11.6. The molecule has 196 valence electrons. The van der Waals surface area contributed by atoms with E-state index in [2.05, 4.69) is 10.3 Å². The van der Waals surface area contributed by atoms with Crippen LogP contribution in [0.2, 0.25) is 0 Å². The SMILES string of the molecule is Cc1cc([C@@H](NC(=O)c2cc(Cn3ccoc3=N)cc(-c3cccnc3C(F)(F)F)c2)C2CC2)ccc1F. The molecule has 2 aromatic heterocycles. The summed E-state index contributed by atoms with van der Waals surface area (Å²) in [5, 5.41) is 10.9. The molecule has 0 unspecified atom stereocenters. The third-order valence-corrected chi connectivity index (χ3v) is 6.60. The first-order valence-corrected chi connectivity index (χ1v) is 12.0. The molecule has 5 rings (SSSR count). The van der Waals surface area contributed by atoms with Crippen molar-refractivity contribution < 1.29 is 26.8 Å². The van der Waals surface area contributed by atoms with Gasteiger partial charge in [-0.25, -0.2) is 4.39 Å². The molecular weight excluding hydrogens is 500 g/mol. The van der Waals surface area contributed by atoms with E-state index in [1.807, 2.05) is 0 Å². The maximum absolute atomic E-state index is 13.9. The fraction of sp³-hybridized carbons (Fsp3) is 0.250. The Balaban J connectivity index is 1.55. The lowest BCUT2D eigenvalue weighted by Crippen LogP contribution is -2.30. The predicted molar refractivity (Wildman–Crippen MR) is 130 cm³/mol. The van der Waals surface area contributed by atoms with Gasteiger partial charge in [0.05, 0.1) is 12.6 Å². The zero-order valence-electron chi connectivity index (χ0n) is 20.3. The predicted octanol–water partition coefficient (Wildman–Crippen LogP) is 6.02. The molecule has 1 fully saturated rings. The molecule has 0 radical (unpaired) electrons. The molecule has 6 nitrogen and oxygen atoms in total. The number of oxazole rings is 1. The second-order valence-corrected chi connectivity index (χ2v) is 9.45. The molecule has 0 saturated heterocycles. The Kier molecular flexibility index (Phi) is 6.64. The molecule has 0 spiro atoms. The van der Waals surface area contributed by atoms with Gasteiger partial charge in [-0.1, -0.05) is 18.2 Å². The Labute approximate surface area is 215 Å². The minimum atomic E-state index is -4.69. The van der Waals surface area contributed by atoms with Crippen molar-refractivity contribution in [3.8, 4) is 11.1 Å². The molecule has 0 aliphatic heterocycles. The lowest BCUT2D eigenvalue weighted by atomic mass is 9.96. The van der Waals surface area contributed by atoms with Crippen molar-refractivity contribution in [2.24, 2.45) is 5.92 Å². The fourth-order valence-electron chi connectivity index (χ4n) is 4.55. The first-order chi connectivity index (χ1) is 18.1. The number of alkyl halides is 3. The average molecular weight is 525 g/mol. The zero-order valence-corrected chi connectivity index (χ0v) is 20.3. The molecule has 1 amide bonds. The summed E-state index contributed by atoms with van der Waals surface area (Å²) in [6.45, 7) is 1.76. The third kappa shape index (κ3) is 5.39. The molecule has 1 aliphatic carbocycles. The van der Waals surface area contributed by atoms with Crippen LogP contribution in [0.4, 0.5) is 17.6 Å². The quantitative estimate of drug-likeness (QED) is 0.290. The fourth-order valence-corrected chi connectivity index (χ4v) is 4.55. The zero-order chi connectivity index (χ0) is 27.0. The number of nitrogens with one attached hydrogen (secondary N) is 2. The molecule has 0 bridgehead atoms. The molecule has 4 aromatic rings. The smallest absolute Gasteiger partial charge is 0.432 e. The second-order valence-electron chi connectivity index (χ2n) is 9.45. The Hall–Kier alpha value is -4.21. The van der Waals surface area contributed by atoms with Gasteiger partial charge in [-0.2, -0.15) is 13.2 Å². The van der Waals surface area contributed by atoms with Crippen LogP contribution in [0.3, 0.4) is 0 Å². The van der Waals surface area contributed by atoms with E-state index in [1.54, 1.807) is 31.2 Å². The van der Waals surface area contributed by atoms with E-state index in [4.69, 9.17) is 9.83 Å². The molecule has 1 saturated carbocycles. The van der Waals surface area contributed by atoms with Crippen molar-refractivity contribution in [2.45, 2.75) is 38.5 Å². The van der Waals surface area contributed by atoms with Crippen LogP contribution in [0, 0.1) is 24.1 Å². The van der Waals surface area contributed by atoms with E-state index in [-0.39, 0.29) is 46.7 Å². The summed E-state index contributed by atoms with van der Waals surface area (Å²) in [6.07, 6.45) is 1.04. The van der Waals surface area contributed by atoms with Crippen LogP contribution in [0.15, 0.2) is 71.6 Å². The van der Waals surface area contributed by atoms with Crippen LogP contribution < -0.4 is 11.0 Å². The van der Waals surface area contributed by atoms with E-state index in [0.29, 0.717) is 11.1 Å². The van der Waals surface area contributed by atoms with Crippen LogP contribution in [0.5, 0.6) is 0 Å². The molecule has 38 heavy (non-hydrogen) atoms. The van der Waals surface area contributed by atoms with E-state index in [9.17, 15) is 22.4 Å².